The zero-order valence-electron chi connectivity index (χ0n) is 20.1. The van der Waals surface area contributed by atoms with Crippen LogP contribution in [-0.4, -0.2) is 41.0 Å². The second-order valence-electron chi connectivity index (χ2n) is 9.48. The van der Waals surface area contributed by atoms with Crippen LogP contribution in [0.3, 0.4) is 0 Å². The summed E-state index contributed by atoms with van der Waals surface area (Å²) >= 11 is 6.35. The van der Waals surface area contributed by atoms with E-state index in [0.717, 1.165) is 24.8 Å². The van der Waals surface area contributed by atoms with Gasteiger partial charge >= 0.3 is 6.09 Å². The molecule has 0 aromatic heterocycles. The van der Waals surface area contributed by atoms with Crippen molar-refractivity contribution in [3.05, 3.63) is 64.7 Å². The van der Waals surface area contributed by atoms with Gasteiger partial charge in [-0.1, -0.05) is 54.1 Å². The number of amides is 3. The van der Waals surface area contributed by atoms with Crippen LogP contribution in [0.5, 0.6) is 0 Å². The number of hydrogen-bond donors (Lipinski definition) is 2. The van der Waals surface area contributed by atoms with Gasteiger partial charge in [0.25, 0.3) is 5.91 Å². The van der Waals surface area contributed by atoms with Crippen LogP contribution < -0.4 is 10.6 Å². The minimum atomic E-state index is -0.880. The molecule has 0 bridgehead atoms. The Bertz CT molecular complexity index is 1010. The van der Waals surface area contributed by atoms with Crippen LogP contribution in [0.2, 0.25) is 5.02 Å². The molecule has 1 aliphatic carbocycles. The van der Waals surface area contributed by atoms with Gasteiger partial charge in [-0.15, -0.1) is 0 Å². The van der Waals surface area contributed by atoms with Crippen molar-refractivity contribution in [1.82, 2.24) is 10.2 Å². The summed E-state index contributed by atoms with van der Waals surface area (Å²) in [5.74, 6) is -0.713. The molecule has 182 valence electrons. The zero-order chi connectivity index (χ0) is 24.9. The average Bonchev–Trinajstić information content (AvgIpc) is 2.72. The fraction of sp³-hybridized carbons (Fsp3) is 0.423. The van der Waals surface area contributed by atoms with Crippen molar-refractivity contribution in [3.63, 3.8) is 0 Å². The van der Waals surface area contributed by atoms with Gasteiger partial charge in [-0.05, 0) is 64.2 Å². The molecule has 1 saturated carbocycles. The number of rotatable bonds is 7. The predicted octanol–water partition coefficient (Wildman–Crippen LogP) is 5.23. The fourth-order valence-electron chi connectivity index (χ4n) is 3.83. The SMILES string of the molecule is Cc1cccc(Cl)c1NC(=O)C(c1ccccc1)N(C(=O)CNC(=O)OC(C)(C)C)C1CCC1. The summed E-state index contributed by atoms with van der Waals surface area (Å²) in [6, 6.07) is 13.6. The second kappa shape index (κ2) is 10.9. The van der Waals surface area contributed by atoms with Crippen LogP contribution >= 0.6 is 11.6 Å². The van der Waals surface area contributed by atoms with Crippen molar-refractivity contribution in [2.75, 3.05) is 11.9 Å². The van der Waals surface area contributed by atoms with E-state index >= 15 is 0 Å². The topological polar surface area (TPSA) is 87.7 Å². The molecule has 0 saturated heterocycles. The highest BCUT2D eigenvalue weighted by atomic mass is 35.5. The van der Waals surface area contributed by atoms with E-state index < -0.39 is 17.7 Å². The Kier molecular flexibility index (Phi) is 8.20. The highest BCUT2D eigenvalue weighted by molar-refractivity contribution is 6.34. The Morgan fingerprint density at radius 3 is 2.32 bits per heavy atom. The number of para-hydroxylation sites is 1. The minimum Gasteiger partial charge on any atom is -0.444 e. The van der Waals surface area contributed by atoms with E-state index in [1.54, 1.807) is 31.7 Å². The third kappa shape index (κ3) is 6.50. The number of nitrogens with one attached hydrogen (secondary N) is 2. The second-order valence-corrected chi connectivity index (χ2v) is 9.88. The van der Waals surface area contributed by atoms with Crippen LogP contribution in [0, 0.1) is 6.92 Å². The van der Waals surface area contributed by atoms with Crippen molar-refractivity contribution in [1.29, 1.82) is 0 Å². The zero-order valence-corrected chi connectivity index (χ0v) is 20.8. The number of ether oxygens (including phenoxy) is 1. The quantitative estimate of drug-likeness (QED) is 0.561. The average molecular weight is 486 g/mol. The van der Waals surface area contributed by atoms with Crippen LogP contribution in [0.15, 0.2) is 48.5 Å². The molecule has 0 aliphatic heterocycles. The summed E-state index contributed by atoms with van der Waals surface area (Å²) < 4.78 is 5.25. The Morgan fingerprint density at radius 2 is 1.76 bits per heavy atom. The predicted molar refractivity (Wildman–Crippen MR) is 133 cm³/mol. The van der Waals surface area contributed by atoms with Gasteiger partial charge in [-0.25, -0.2) is 4.79 Å². The molecule has 3 rings (SSSR count). The molecular weight excluding hydrogens is 454 g/mol. The summed E-state index contributed by atoms with van der Waals surface area (Å²) in [7, 11) is 0. The van der Waals surface area contributed by atoms with Crippen LogP contribution in [-0.2, 0) is 14.3 Å². The van der Waals surface area contributed by atoms with Gasteiger partial charge in [-0.3, -0.25) is 9.59 Å². The maximum absolute atomic E-state index is 13.7. The molecule has 1 fully saturated rings. The molecule has 0 heterocycles. The largest absolute Gasteiger partial charge is 0.444 e. The molecule has 1 atom stereocenters. The lowest BCUT2D eigenvalue weighted by Crippen LogP contribution is -2.53. The first-order chi connectivity index (χ1) is 16.1. The first kappa shape index (κ1) is 25.6. The Morgan fingerprint density at radius 1 is 1.09 bits per heavy atom. The number of carbonyl (C=O) groups excluding carboxylic acids is 3. The monoisotopic (exact) mass is 485 g/mol. The van der Waals surface area contributed by atoms with Gasteiger partial charge in [0.05, 0.1) is 10.7 Å². The molecule has 0 radical (unpaired) electrons. The van der Waals surface area contributed by atoms with Crippen molar-refractivity contribution in [3.8, 4) is 0 Å². The highest BCUT2D eigenvalue weighted by Gasteiger charge is 2.39. The smallest absolute Gasteiger partial charge is 0.408 e. The number of halogens is 1. The molecule has 8 heteroatoms. The van der Waals surface area contributed by atoms with Crippen molar-refractivity contribution >= 4 is 35.2 Å². The molecule has 1 aliphatic rings. The van der Waals surface area contributed by atoms with Crippen LogP contribution in [0.4, 0.5) is 10.5 Å². The van der Waals surface area contributed by atoms with E-state index in [4.69, 9.17) is 16.3 Å². The van der Waals surface area contributed by atoms with E-state index in [0.29, 0.717) is 16.3 Å². The van der Waals surface area contributed by atoms with E-state index in [1.807, 2.05) is 49.4 Å². The molecule has 34 heavy (non-hydrogen) atoms. The molecule has 1 unspecified atom stereocenters. The lowest BCUT2D eigenvalue weighted by Gasteiger charge is -2.42. The maximum atomic E-state index is 13.7. The lowest BCUT2D eigenvalue weighted by molar-refractivity contribution is -0.143. The Labute approximate surface area is 205 Å². The number of alkyl carbamates (subject to hydrolysis) is 1. The number of anilines is 1. The third-order valence-corrected chi connectivity index (χ3v) is 5.97. The molecule has 0 spiro atoms. The number of benzene rings is 2. The summed E-state index contributed by atoms with van der Waals surface area (Å²) in [5.41, 5.74) is 1.34. The molecular formula is C26H32ClN3O4. The molecule has 3 amide bonds. The number of hydrogen-bond acceptors (Lipinski definition) is 4. The van der Waals surface area contributed by atoms with Gasteiger partial charge < -0.3 is 20.3 Å². The van der Waals surface area contributed by atoms with Gasteiger partial charge in [0.2, 0.25) is 5.91 Å². The number of aryl methyl sites for hydroxylation is 1. The third-order valence-electron chi connectivity index (χ3n) is 5.65. The number of carbonyl (C=O) groups is 3. The lowest BCUT2D eigenvalue weighted by atomic mass is 9.88. The molecule has 2 aromatic carbocycles. The summed E-state index contributed by atoms with van der Waals surface area (Å²) in [5, 5.41) is 5.89. The van der Waals surface area contributed by atoms with Gasteiger partial charge in [0, 0.05) is 6.04 Å². The summed E-state index contributed by atoms with van der Waals surface area (Å²) in [6.45, 7) is 6.84. The van der Waals surface area contributed by atoms with Gasteiger partial charge in [0.1, 0.15) is 18.2 Å². The van der Waals surface area contributed by atoms with Crippen molar-refractivity contribution in [2.24, 2.45) is 0 Å². The van der Waals surface area contributed by atoms with Crippen LogP contribution in [0.1, 0.15) is 57.2 Å². The number of nitrogens with zero attached hydrogens (tertiary/aromatic N) is 1. The maximum Gasteiger partial charge on any atom is 0.408 e. The molecule has 2 N–H and O–H groups in total. The van der Waals surface area contributed by atoms with Gasteiger partial charge in [0.15, 0.2) is 0 Å². The Balaban J connectivity index is 1.89. The van der Waals surface area contributed by atoms with E-state index in [1.165, 1.54) is 0 Å². The first-order valence-corrected chi connectivity index (χ1v) is 11.8. The van der Waals surface area contributed by atoms with Crippen molar-refractivity contribution < 1.29 is 19.1 Å². The normalized spacial score (nSPS) is 14.5. The van der Waals surface area contributed by atoms with E-state index in [-0.39, 0.29) is 24.4 Å². The summed E-state index contributed by atoms with van der Waals surface area (Å²) in [4.78, 5) is 40.8. The first-order valence-electron chi connectivity index (χ1n) is 11.5. The van der Waals surface area contributed by atoms with Crippen molar-refractivity contribution in [2.45, 2.75) is 64.6 Å². The molecule has 7 nitrogen and oxygen atoms in total. The standard InChI is InChI=1S/C26H32ClN3O4/c1-17-10-8-15-20(27)22(17)29-24(32)23(18-11-6-5-7-12-18)30(19-13-9-14-19)21(31)16-28-25(33)34-26(2,3)4/h5-8,10-12,15,19,23H,9,13-14,16H2,1-4H3,(H,28,33)(H,29,32). The highest BCUT2D eigenvalue weighted by Crippen LogP contribution is 2.34. The van der Waals surface area contributed by atoms with E-state index in [9.17, 15) is 14.4 Å². The molecule has 2 aromatic rings. The van der Waals surface area contributed by atoms with Crippen LogP contribution in [0.25, 0.3) is 0 Å². The minimum absolute atomic E-state index is 0.101. The van der Waals surface area contributed by atoms with E-state index in [2.05, 4.69) is 10.6 Å². The summed E-state index contributed by atoms with van der Waals surface area (Å²) in [6.07, 6.45) is 1.88. The Hall–Kier alpha value is -3.06. The fourth-order valence-corrected chi connectivity index (χ4v) is 4.10. The van der Waals surface area contributed by atoms with Gasteiger partial charge in [-0.2, -0.15) is 0 Å².